The molecule has 0 radical (unpaired) electrons. The summed E-state index contributed by atoms with van der Waals surface area (Å²) in [5, 5.41) is 5.67. The fourth-order valence-corrected chi connectivity index (χ4v) is 24.5. The SMILES string of the molecule is CCCCCCCCCCCCOc1cc2c(cc1OCCCCCCCCCCCC)c1c3s[c]([Sn]([CH3])([CH3])[CH3])cc3sc1c1sc3c[c]([Sn]([CH3])([CH3])[CH3])sc3c21. The van der Waals surface area contributed by atoms with Crippen molar-refractivity contribution in [3.05, 3.63) is 24.3 Å². The van der Waals surface area contributed by atoms with E-state index in [0.717, 1.165) is 37.6 Å². The average Bonchev–Trinajstić information content (AvgIpc) is 3.92. The van der Waals surface area contributed by atoms with Crippen molar-refractivity contribution in [2.75, 3.05) is 13.2 Å². The van der Waals surface area contributed by atoms with E-state index >= 15 is 0 Å². The first-order valence-electron chi connectivity index (χ1n) is 22.6. The summed E-state index contributed by atoms with van der Waals surface area (Å²) in [4.78, 5) is 15.4. The first kappa shape index (κ1) is 45.3. The first-order valence-corrected chi connectivity index (χ1v) is 45.8. The molecule has 0 spiro atoms. The van der Waals surface area contributed by atoms with Crippen LogP contribution in [0.25, 0.3) is 49.7 Å². The third kappa shape index (κ3) is 11.6. The van der Waals surface area contributed by atoms with Crippen LogP contribution in [0.5, 0.6) is 11.5 Å². The van der Waals surface area contributed by atoms with Crippen LogP contribution in [0, 0.1) is 0 Å². The normalized spacial score (nSPS) is 12.8. The number of rotatable bonds is 26. The van der Waals surface area contributed by atoms with Gasteiger partial charge in [0.25, 0.3) is 0 Å². The number of thiophene rings is 4. The van der Waals surface area contributed by atoms with Crippen molar-refractivity contribution < 1.29 is 9.47 Å². The number of fused-ring (bicyclic) bond motifs is 10. The third-order valence-corrected chi connectivity index (χ3v) is 35.4. The second-order valence-electron chi connectivity index (χ2n) is 18.6. The van der Waals surface area contributed by atoms with Crippen LogP contribution in [0.1, 0.15) is 142 Å². The van der Waals surface area contributed by atoms with Crippen molar-refractivity contribution in [2.24, 2.45) is 0 Å². The Hall–Kier alpha value is -0.263. The van der Waals surface area contributed by atoms with Crippen molar-refractivity contribution in [2.45, 2.75) is 172 Å². The molecule has 308 valence electrons. The molecule has 0 aliphatic heterocycles. The topological polar surface area (TPSA) is 18.5 Å². The summed E-state index contributed by atoms with van der Waals surface area (Å²) in [7, 11) is 0. The van der Waals surface area contributed by atoms with Crippen LogP contribution in [0.15, 0.2) is 24.3 Å². The van der Waals surface area contributed by atoms with Gasteiger partial charge in [0, 0.05) is 0 Å². The predicted molar refractivity (Wildman–Crippen MR) is 266 cm³/mol. The van der Waals surface area contributed by atoms with Gasteiger partial charge < -0.3 is 0 Å². The van der Waals surface area contributed by atoms with Gasteiger partial charge in [-0.2, -0.15) is 0 Å². The summed E-state index contributed by atoms with van der Waals surface area (Å²) >= 11 is 3.81. The van der Waals surface area contributed by atoms with Gasteiger partial charge in [0.05, 0.1) is 0 Å². The molecule has 4 aromatic heterocycles. The van der Waals surface area contributed by atoms with E-state index < -0.39 is 36.8 Å². The van der Waals surface area contributed by atoms with Crippen molar-refractivity contribution in [1.29, 1.82) is 0 Å². The minimum atomic E-state index is -2.24. The van der Waals surface area contributed by atoms with Crippen LogP contribution < -0.4 is 15.3 Å². The molecular formula is C48H72O2S4Sn2. The standard InChI is InChI=1S/C42H54O2S4.6CH3.2Sn/c1-3-5-7-9-11-13-15-17-19-21-25-43-33-29-31-32(30-34(33)44-26-22-20-18-16-14-12-10-8-6-4-2)38-40-36(24-28-46-40)48-42(38)41-37(31)39-35(47-41)23-27-45-39;;;;;;;;/h23-24,29-30H,3-22,25-26H2,1-2H3;6*1H3;;. The number of unbranched alkanes of at least 4 members (excludes halogenated alkanes) is 18. The van der Waals surface area contributed by atoms with Gasteiger partial charge >= 0.3 is 264 Å². The molecule has 2 nitrogen and oxygen atoms in total. The molecule has 6 aromatic rings. The Morgan fingerprint density at radius 3 is 1.04 bits per heavy atom. The van der Waals surface area contributed by atoms with Gasteiger partial charge in [-0.05, 0) is 0 Å². The summed E-state index contributed by atoms with van der Waals surface area (Å²) < 4.78 is 25.9. The molecule has 0 N–H and O–H groups in total. The second-order valence-corrected chi connectivity index (χ2v) is 53.7. The molecule has 8 heteroatoms. The zero-order chi connectivity index (χ0) is 39.7. The Kier molecular flexibility index (Phi) is 17.4. The summed E-state index contributed by atoms with van der Waals surface area (Å²) in [6.07, 6.45) is 26.7. The van der Waals surface area contributed by atoms with Crippen molar-refractivity contribution in [3.63, 3.8) is 0 Å². The van der Waals surface area contributed by atoms with Gasteiger partial charge in [0.2, 0.25) is 0 Å². The number of benzene rings is 2. The van der Waals surface area contributed by atoms with Gasteiger partial charge in [-0.3, -0.25) is 0 Å². The Morgan fingerprint density at radius 1 is 0.393 bits per heavy atom. The molecule has 4 heterocycles. The fraction of sp³-hybridized carbons (Fsp3) is 0.625. The van der Waals surface area contributed by atoms with Crippen LogP contribution in [-0.2, 0) is 0 Å². The monoisotopic (exact) mass is 1050 g/mol. The summed E-state index contributed by atoms with van der Waals surface area (Å²) in [5.74, 6) is 1.91. The van der Waals surface area contributed by atoms with E-state index in [-0.39, 0.29) is 0 Å². The molecule has 2 aromatic carbocycles. The molecule has 0 fully saturated rings. The van der Waals surface area contributed by atoms with E-state index in [9.17, 15) is 0 Å². The molecule has 0 saturated carbocycles. The Bertz CT molecular complexity index is 1990. The van der Waals surface area contributed by atoms with E-state index in [0.29, 0.717) is 0 Å². The second kappa shape index (κ2) is 21.5. The van der Waals surface area contributed by atoms with Gasteiger partial charge in [-0.25, -0.2) is 0 Å². The average molecular weight is 1050 g/mol. The van der Waals surface area contributed by atoms with Crippen LogP contribution in [0.2, 0.25) is 29.6 Å². The van der Waals surface area contributed by atoms with E-state index in [1.807, 2.05) is 22.7 Å². The molecule has 0 aliphatic carbocycles. The van der Waals surface area contributed by atoms with E-state index in [1.165, 1.54) is 165 Å². The molecule has 0 bridgehead atoms. The van der Waals surface area contributed by atoms with Gasteiger partial charge in [-0.1, -0.05) is 104 Å². The van der Waals surface area contributed by atoms with Crippen LogP contribution in [0.3, 0.4) is 0 Å². The molecule has 0 aliphatic rings. The Morgan fingerprint density at radius 2 is 0.714 bits per heavy atom. The molecule has 0 amide bonds. The molecule has 6 rings (SSSR count). The van der Waals surface area contributed by atoms with Crippen LogP contribution in [-0.4, -0.2) is 50.0 Å². The van der Waals surface area contributed by atoms with Crippen molar-refractivity contribution in [3.8, 4) is 11.5 Å². The summed E-state index contributed by atoms with van der Waals surface area (Å²) in [5.41, 5.74) is 0. The molecule has 56 heavy (non-hydrogen) atoms. The van der Waals surface area contributed by atoms with Crippen LogP contribution in [0.4, 0.5) is 0 Å². The summed E-state index contributed by atoms with van der Waals surface area (Å²) in [6, 6.07) is 9.97. The van der Waals surface area contributed by atoms with Gasteiger partial charge in [0.1, 0.15) is 0 Å². The van der Waals surface area contributed by atoms with E-state index in [1.54, 1.807) is 5.79 Å². The van der Waals surface area contributed by atoms with E-state index in [4.69, 9.17) is 9.47 Å². The fourth-order valence-electron chi connectivity index (χ4n) is 8.07. The number of ether oxygens (including phenoxy) is 2. The van der Waals surface area contributed by atoms with E-state index in [2.05, 4.69) is 90.4 Å². The predicted octanol–water partition coefficient (Wildman–Crippen LogP) is 17.4. The Balaban J connectivity index is 1.29. The maximum atomic E-state index is 6.80. The molecular weight excluding hydrogens is 974 g/mol. The zero-order valence-electron chi connectivity index (χ0n) is 36.3. The molecule has 0 saturated heterocycles. The van der Waals surface area contributed by atoms with Crippen molar-refractivity contribution in [1.82, 2.24) is 0 Å². The third-order valence-electron chi connectivity index (χ3n) is 11.5. The Labute approximate surface area is 364 Å². The summed E-state index contributed by atoms with van der Waals surface area (Å²) in [6.45, 7) is 6.13. The van der Waals surface area contributed by atoms with Gasteiger partial charge in [0.15, 0.2) is 0 Å². The maximum absolute atomic E-state index is 6.80. The van der Waals surface area contributed by atoms with Gasteiger partial charge in [-0.15, -0.1) is 0 Å². The van der Waals surface area contributed by atoms with Crippen molar-refractivity contribution >= 4 is 138 Å². The van der Waals surface area contributed by atoms with Crippen LogP contribution >= 0.6 is 45.3 Å². The minimum absolute atomic E-state index is 0.762. The number of hydrogen-bond donors (Lipinski definition) is 0. The quantitative estimate of drug-likeness (QED) is 0.0398. The first-order chi connectivity index (χ1) is 27.0. The molecule has 0 unspecified atom stereocenters. The molecule has 0 atom stereocenters. The number of hydrogen-bond acceptors (Lipinski definition) is 6. The zero-order valence-corrected chi connectivity index (χ0v) is 45.3.